The van der Waals surface area contributed by atoms with Crippen molar-refractivity contribution in [3.05, 3.63) is 127 Å². The molecule has 7 aromatic rings. The maximum Gasteiger partial charge on any atom is 0.161 e. The first-order valence-electron chi connectivity index (χ1n) is 13.4. The second-order valence-electron chi connectivity index (χ2n) is 10.2. The van der Waals surface area contributed by atoms with E-state index < -0.39 is 0 Å². The van der Waals surface area contributed by atoms with Crippen LogP contribution in [0.4, 0.5) is 0 Å². The molecule has 0 fully saturated rings. The largest absolute Gasteiger partial charge is 0.306 e. The van der Waals surface area contributed by atoms with E-state index in [1.165, 1.54) is 47.7 Å². The Bertz CT molecular complexity index is 2380. The fourth-order valence-corrected chi connectivity index (χ4v) is 7.38. The van der Waals surface area contributed by atoms with Crippen molar-refractivity contribution in [3.8, 4) is 28.3 Å². The SMILES string of the molecule is c1ccc(-c2nc(-c3cc4sc5ccccc5n5c6ccccc6c6cccc3c6c4-5)nc3ccccc23)cc1. The van der Waals surface area contributed by atoms with E-state index in [9.17, 15) is 0 Å². The molecule has 0 saturated heterocycles. The zero-order chi connectivity index (χ0) is 26.2. The minimum Gasteiger partial charge on any atom is -0.306 e. The predicted octanol–water partition coefficient (Wildman–Crippen LogP) is 9.87. The Hall–Kier alpha value is -5.06. The summed E-state index contributed by atoms with van der Waals surface area (Å²) in [4.78, 5) is 10.4. The lowest BCUT2D eigenvalue weighted by Crippen LogP contribution is -2.05. The number of hydrogen-bond donors (Lipinski definition) is 0. The first-order chi connectivity index (χ1) is 19.8. The standard InChI is InChI=1S/C36H21N3S/c1-2-11-22(12-3-1)34-26-14-4-6-17-28(26)37-36(38-34)27-21-32-35-33-24(15-10-16-25(27)33)23-13-5-7-18-29(23)39(35)30-19-8-9-20-31(30)40-32/h1-21H. The molecule has 0 atom stereocenters. The molecule has 0 saturated carbocycles. The lowest BCUT2D eigenvalue weighted by atomic mass is 9.94. The third kappa shape index (κ3) is 2.99. The number of pyridine rings is 1. The second kappa shape index (κ2) is 8.22. The highest BCUT2D eigenvalue weighted by molar-refractivity contribution is 7.24. The number of aromatic nitrogens is 3. The third-order valence-electron chi connectivity index (χ3n) is 7.98. The summed E-state index contributed by atoms with van der Waals surface area (Å²) in [7, 11) is 0. The molecule has 2 aliphatic rings. The van der Waals surface area contributed by atoms with Crippen LogP contribution in [0, 0.1) is 0 Å². The molecule has 4 heteroatoms. The van der Waals surface area contributed by atoms with Gasteiger partial charge in [-0.3, -0.25) is 0 Å². The zero-order valence-corrected chi connectivity index (χ0v) is 22.2. The molecule has 0 unspecified atom stereocenters. The fourth-order valence-electron chi connectivity index (χ4n) is 6.27. The van der Waals surface area contributed by atoms with E-state index in [0.29, 0.717) is 0 Å². The molecule has 3 heterocycles. The van der Waals surface area contributed by atoms with Crippen LogP contribution in [0.2, 0.25) is 0 Å². The van der Waals surface area contributed by atoms with Gasteiger partial charge in [-0.25, -0.2) is 9.97 Å². The number of rotatable bonds is 2. The number of hydrogen-bond acceptors (Lipinski definition) is 3. The van der Waals surface area contributed by atoms with Gasteiger partial charge in [0.2, 0.25) is 0 Å². The summed E-state index contributed by atoms with van der Waals surface area (Å²) in [5.41, 5.74) is 7.76. The van der Waals surface area contributed by atoms with Crippen LogP contribution in [0.15, 0.2) is 127 Å². The van der Waals surface area contributed by atoms with Gasteiger partial charge in [-0.2, -0.15) is 0 Å². The van der Waals surface area contributed by atoms with Gasteiger partial charge in [0.1, 0.15) is 0 Å². The van der Waals surface area contributed by atoms with E-state index in [2.05, 4.69) is 126 Å². The summed E-state index contributed by atoms with van der Waals surface area (Å²) in [5, 5.41) is 5.99. The molecule has 0 radical (unpaired) electrons. The Kier molecular flexibility index (Phi) is 4.48. The lowest BCUT2D eigenvalue weighted by molar-refractivity contribution is 1.20. The normalized spacial score (nSPS) is 12.0. The smallest absolute Gasteiger partial charge is 0.161 e. The zero-order valence-electron chi connectivity index (χ0n) is 21.4. The van der Waals surface area contributed by atoms with Crippen molar-refractivity contribution < 1.29 is 0 Å². The number of para-hydroxylation sites is 3. The quantitative estimate of drug-likeness (QED) is 0.165. The average Bonchev–Trinajstić information content (AvgIpc) is 3.03. The summed E-state index contributed by atoms with van der Waals surface area (Å²) >= 11 is 1.83. The number of benzene rings is 6. The molecule has 0 spiro atoms. The van der Waals surface area contributed by atoms with E-state index in [-0.39, 0.29) is 0 Å². The van der Waals surface area contributed by atoms with Crippen LogP contribution in [0.25, 0.3) is 81.2 Å². The lowest BCUT2D eigenvalue weighted by Gasteiger charge is -2.24. The van der Waals surface area contributed by atoms with Crippen molar-refractivity contribution in [2.45, 2.75) is 0 Å². The molecule has 0 bridgehead atoms. The first-order valence-corrected chi connectivity index (χ1v) is 14.3. The Balaban J connectivity index is 1.48. The topological polar surface area (TPSA) is 30.7 Å². The van der Waals surface area contributed by atoms with E-state index in [1.54, 1.807) is 0 Å². The van der Waals surface area contributed by atoms with Gasteiger partial charge >= 0.3 is 0 Å². The summed E-state index contributed by atoms with van der Waals surface area (Å²) in [5.74, 6) is 0.752. The van der Waals surface area contributed by atoms with Crippen LogP contribution in [0.1, 0.15) is 0 Å². The molecule has 0 amide bonds. The van der Waals surface area contributed by atoms with Crippen molar-refractivity contribution >= 4 is 64.2 Å². The van der Waals surface area contributed by atoms with Gasteiger partial charge < -0.3 is 4.57 Å². The molecule has 2 aliphatic heterocycles. The number of nitrogens with zero attached hydrogens (tertiary/aromatic N) is 3. The molecule has 0 N–H and O–H groups in total. The fraction of sp³-hybridized carbons (Fsp3) is 0. The molecular formula is C36H21N3S. The van der Waals surface area contributed by atoms with Crippen LogP contribution >= 0.6 is 11.3 Å². The Labute approximate surface area is 233 Å². The predicted molar refractivity (Wildman–Crippen MR) is 169 cm³/mol. The second-order valence-corrected chi connectivity index (χ2v) is 11.3. The van der Waals surface area contributed by atoms with Crippen molar-refractivity contribution in [3.63, 3.8) is 0 Å². The third-order valence-corrected chi connectivity index (χ3v) is 9.07. The summed E-state index contributed by atoms with van der Waals surface area (Å²) < 4.78 is 4.92. The monoisotopic (exact) mass is 527 g/mol. The first kappa shape index (κ1) is 21.8. The Morgan fingerprint density at radius 2 is 1.23 bits per heavy atom. The highest BCUT2D eigenvalue weighted by atomic mass is 32.1. The molecule has 9 rings (SSSR count). The highest BCUT2D eigenvalue weighted by Crippen LogP contribution is 2.46. The van der Waals surface area contributed by atoms with Gasteiger partial charge in [0, 0.05) is 27.3 Å². The van der Waals surface area contributed by atoms with Gasteiger partial charge in [0.05, 0.1) is 37.3 Å². The van der Waals surface area contributed by atoms with Gasteiger partial charge in [-0.1, -0.05) is 97.1 Å². The van der Waals surface area contributed by atoms with Gasteiger partial charge in [0.25, 0.3) is 0 Å². The molecule has 40 heavy (non-hydrogen) atoms. The van der Waals surface area contributed by atoms with Crippen LogP contribution in [-0.2, 0) is 0 Å². The van der Waals surface area contributed by atoms with Gasteiger partial charge in [-0.15, -0.1) is 11.3 Å². The van der Waals surface area contributed by atoms with Crippen molar-refractivity contribution in [2.24, 2.45) is 0 Å². The molecule has 0 aliphatic carbocycles. The van der Waals surface area contributed by atoms with E-state index in [0.717, 1.165) is 33.5 Å². The summed E-state index contributed by atoms with van der Waals surface area (Å²) in [6, 6.07) is 45.2. The minimum atomic E-state index is 0.752. The minimum absolute atomic E-state index is 0.752. The molecule has 6 aromatic carbocycles. The molecule has 3 nitrogen and oxygen atoms in total. The van der Waals surface area contributed by atoms with Crippen molar-refractivity contribution in [2.75, 3.05) is 0 Å². The Morgan fingerprint density at radius 3 is 2.12 bits per heavy atom. The average molecular weight is 528 g/mol. The van der Waals surface area contributed by atoms with Crippen LogP contribution < -0.4 is 0 Å². The molecule has 186 valence electrons. The van der Waals surface area contributed by atoms with Crippen LogP contribution in [0.3, 0.4) is 0 Å². The molecule has 1 aromatic heterocycles. The summed E-state index contributed by atoms with van der Waals surface area (Å²) in [6.07, 6.45) is 0. The van der Waals surface area contributed by atoms with E-state index >= 15 is 0 Å². The van der Waals surface area contributed by atoms with Crippen molar-refractivity contribution in [1.29, 1.82) is 0 Å². The number of fused-ring (bicyclic) bond motifs is 6. The molecular weight excluding hydrogens is 506 g/mol. The maximum absolute atomic E-state index is 5.26. The van der Waals surface area contributed by atoms with Crippen molar-refractivity contribution in [1.82, 2.24) is 14.5 Å². The van der Waals surface area contributed by atoms with Crippen LogP contribution in [-0.4, -0.2) is 14.5 Å². The van der Waals surface area contributed by atoms with E-state index in [4.69, 9.17) is 9.97 Å². The van der Waals surface area contributed by atoms with Crippen LogP contribution in [0.5, 0.6) is 0 Å². The van der Waals surface area contributed by atoms with E-state index in [1.807, 2.05) is 17.4 Å². The van der Waals surface area contributed by atoms with Gasteiger partial charge in [0.15, 0.2) is 5.82 Å². The Morgan fingerprint density at radius 1 is 0.525 bits per heavy atom. The summed E-state index contributed by atoms with van der Waals surface area (Å²) in [6.45, 7) is 0. The van der Waals surface area contributed by atoms with Gasteiger partial charge in [-0.05, 0) is 41.1 Å². The maximum atomic E-state index is 5.26. The highest BCUT2D eigenvalue weighted by Gasteiger charge is 2.23.